The Balaban J connectivity index is 1.51. The van der Waals surface area contributed by atoms with Crippen molar-refractivity contribution in [2.75, 3.05) is 30.4 Å². The minimum Gasteiger partial charge on any atom is -0.489 e. The van der Waals surface area contributed by atoms with Crippen molar-refractivity contribution in [3.05, 3.63) is 59.9 Å². The molecule has 1 N–H and O–H groups in total. The summed E-state index contributed by atoms with van der Waals surface area (Å²) in [5, 5.41) is 3.05. The zero-order valence-corrected chi connectivity index (χ0v) is 16.4. The van der Waals surface area contributed by atoms with Gasteiger partial charge in [0.1, 0.15) is 18.2 Å². The Morgan fingerprint density at radius 3 is 2.68 bits per heavy atom. The molecule has 1 aliphatic heterocycles. The first-order chi connectivity index (χ1) is 13.3. The van der Waals surface area contributed by atoms with Gasteiger partial charge in [-0.2, -0.15) is 0 Å². The molecular weight excluding hydrogens is 383 g/mol. The standard InChI is InChI=1S/C20H23FN2O4S/c1-23(18-9-10-28(25,26)14-18)20(24)12-22-17-3-2-4-19(11-17)27-13-15-5-7-16(21)8-6-15/h2-8,11,18,22H,9-10,12-14H2,1H3/t18-/m0/s1. The second kappa shape index (κ2) is 8.60. The first-order valence-electron chi connectivity index (χ1n) is 9.00. The van der Waals surface area contributed by atoms with Crippen LogP contribution >= 0.6 is 0 Å². The maximum Gasteiger partial charge on any atom is 0.241 e. The van der Waals surface area contributed by atoms with Crippen LogP contribution in [0.2, 0.25) is 0 Å². The van der Waals surface area contributed by atoms with Crippen LogP contribution in [0.5, 0.6) is 5.75 Å². The number of benzene rings is 2. The van der Waals surface area contributed by atoms with Crippen LogP contribution in [0.3, 0.4) is 0 Å². The molecule has 2 aromatic carbocycles. The molecule has 0 spiro atoms. The molecule has 0 aromatic heterocycles. The van der Waals surface area contributed by atoms with Crippen molar-refractivity contribution in [1.82, 2.24) is 4.90 Å². The number of rotatable bonds is 7. The summed E-state index contributed by atoms with van der Waals surface area (Å²) in [6.45, 7) is 0.371. The summed E-state index contributed by atoms with van der Waals surface area (Å²) in [5.74, 6) is 0.328. The molecule has 1 atom stereocenters. The lowest BCUT2D eigenvalue weighted by Gasteiger charge is -2.23. The Morgan fingerprint density at radius 1 is 1.25 bits per heavy atom. The van der Waals surface area contributed by atoms with Crippen molar-refractivity contribution >= 4 is 21.4 Å². The summed E-state index contributed by atoms with van der Waals surface area (Å²) in [6, 6.07) is 13.0. The van der Waals surface area contributed by atoms with E-state index in [1.54, 1.807) is 37.4 Å². The van der Waals surface area contributed by atoms with Crippen molar-refractivity contribution in [1.29, 1.82) is 0 Å². The Kier molecular flexibility index (Phi) is 6.18. The molecule has 1 saturated heterocycles. The van der Waals surface area contributed by atoms with Gasteiger partial charge in [0.05, 0.1) is 18.1 Å². The van der Waals surface area contributed by atoms with Crippen molar-refractivity contribution in [2.45, 2.75) is 19.1 Å². The minimum absolute atomic E-state index is 0.0297. The van der Waals surface area contributed by atoms with E-state index in [1.165, 1.54) is 17.0 Å². The number of nitrogens with zero attached hydrogens (tertiary/aromatic N) is 1. The maximum absolute atomic E-state index is 12.9. The van der Waals surface area contributed by atoms with Crippen LogP contribution in [0.4, 0.5) is 10.1 Å². The fourth-order valence-electron chi connectivity index (χ4n) is 3.03. The predicted octanol–water partition coefficient (Wildman–Crippen LogP) is 2.46. The summed E-state index contributed by atoms with van der Waals surface area (Å²) in [4.78, 5) is 13.9. The number of hydrogen-bond donors (Lipinski definition) is 1. The van der Waals surface area contributed by atoms with E-state index >= 15 is 0 Å². The quantitative estimate of drug-likeness (QED) is 0.765. The molecule has 1 amide bonds. The predicted molar refractivity (Wildman–Crippen MR) is 105 cm³/mol. The molecule has 0 radical (unpaired) electrons. The fourth-order valence-corrected chi connectivity index (χ4v) is 4.80. The monoisotopic (exact) mass is 406 g/mol. The van der Waals surface area contributed by atoms with Gasteiger partial charge < -0.3 is 15.0 Å². The number of nitrogens with one attached hydrogen (secondary N) is 1. The fraction of sp³-hybridized carbons (Fsp3) is 0.350. The van der Waals surface area contributed by atoms with Gasteiger partial charge in [-0.3, -0.25) is 4.79 Å². The highest BCUT2D eigenvalue weighted by Crippen LogP contribution is 2.20. The maximum atomic E-state index is 12.9. The van der Waals surface area contributed by atoms with Crippen LogP contribution in [-0.2, 0) is 21.2 Å². The minimum atomic E-state index is -3.03. The van der Waals surface area contributed by atoms with Crippen LogP contribution in [0.1, 0.15) is 12.0 Å². The van der Waals surface area contributed by atoms with Gasteiger partial charge in [0.15, 0.2) is 9.84 Å². The largest absolute Gasteiger partial charge is 0.489 e. The third-order valence-electron chi connectivity index (χ3n) is 4.75. The van der Waals surface area contributed by atoms with Crippen LogP contribution < -0.4 is 10.1 Å². The molecule has 28 heavy (non-hydrogen) atoms. The number of ether oxygens (including phenoxy) is 1. The molecular formula is C20H23FN2O4S. The van der Waals surface area contributed by atoms with E-state index in [4.69, 9.17) is 4.74 Å². The molecule has 1 heterocycles. The molecule has 0 bridgehead atoms. The highest BCUT2D eigenvalue weighted by atomic mass is 32.2. The van der Waals surface area contributed by atoms with E-state index in [9.17, 15) is 17.6 Å². The zero-order valence-electron chi connectivity index (χ0n) is 15.6. The average Bonchev–Trinajstić information content (AvgIpc) is 3.05. The Hall–Kier alpha value is -2.61. The summed E-state index contributed by atoms with van der Waals surface area (Å²) < 4.78 is 41.8. The van der Waals surface area contributed by atoms with E-state index in [2.05, 4.69) is 5.32 Å². The highest BCUT2D eigenvalue weighted by molar-refractivity contribution is 7.91. The molecule has 0 unspecified atom stereocenters. The number of anilines is 1. The second-order valence-electron chi connectivity index (χ2n) is 6.86. The molecule has 1 fully saturated rings. The van der Waals surface area contributed by atoms with Gasteiger partial charge in [-0.25, -0.2) is 12.8 Å². The topological polar surface area (TPSA) is 75.7 Å². The zero-order chi connectivity index (χ0) is 20.1. The number of halogens is 1. The van der Waals surface area contributed by atoms with E-state index in [1.807, 2.05) is 6.07 Å². The molecule has 8 heteroatoms. The molecule has 3 rings (SSSR count). The summed E-state index contributed by atoms with van der Waals surface area (Å²) in [7, 11) is -1.39. The first-order valence-corrected chi connectivity index (χ1v) is 10.8. The average molecular weight is 406 g/mol. The van der Waals surface area contributed by atoms with E-state index in [0.717, 1.165) is 11.3 Å². The SMILES string of the molecule is CN(C(=O)CNc1cccc(OCc2ccc(F)cc2)c1)[C@H]1CCS(=O)(=O)C1. The molecule has 150 valence electrons. The number of carbonyl (C=O) groups excluding carboxylic acids is 1. The van der Waals surface area contributed by atoms with Crippen molar-refractivity contribution in [2.24, 2.45) is 0 Å². The van der Waals surface area contributed by atoms with Crippen LogP contribution in [0.15, 0.2) is 48.5 Å². The van der Waals surface area contributed by atoms with Gasteiger partial charge in [-0.05, 0) is 36.2 Å². The van der Waals surface area contributed by atoms with Crippen molar-refractivity contribution < 1.29 is 22.3 Å². The molecule has 0 aliphatic carbocycles. The van der Waals surface area contributed by atoms with Gasteiger partial charge in [0, 0.05) is 24.8 Å². The number of hydrogen-bond acceptors (Lipinski definition) is 5. The Labute approximate surface area is 164 Å². The smallest absolute Gasteiger partial charge is 0.241 e. The lowest BCUT2D eigenvalue weighted by molar-refractivity contribution is -0.129. The van der Waals surface area contributed by atoms with Crippen molar-refractivity contribution in [3.63, 3.8) is 0 Å². The van der Waals surface area contributed by atoms with Gasteiger partial charge in [-0.15, -0.1) is 0 Å². The number of carbonyl (C=O) groups is 1. The third kappa shape index (κ3) is 5.45. The number of sulfone groups is 1. The van der Waals surface area contributed by atoms with Gasteiger partial charge >= 0.3 is 0 Å². The summed E-state index contributed by atoms with van der Waals surface area (Å²) in [5.41, 5.74) is 1.57. The first kappa shape index (κ1) is 20.1. The summed E-state index contributed by atoms with van der Waals surface area (Å²) >= 11 is 0. The van der Waals surface area contributed by atoms with Gasteiger partial charge in [0.2, 0.25) is 5.91 Å². The van der Waals surface area contributed by atoms with E-state index in [-0.39, 0.29) is 35.8 Å². The van der Waals surface area contributed by atoms with Crippen molar-refractivity contribution in [3.8, 4) is 5.75 Å². The molecule has 0 saturated carbocycles. The van der Waals surface area contributed by atoms with E-state index in [0.29, 0.717) is 18.8 Å². The summed E-state index contributed by atoms with van der Waals surface area (Å²) in [6.07, 6.45) is 0.483. The van der Waals surface area contributed by atoms with Gasteiger partial charge in [0.25, 0.3) is 0 Å². The molecule has 1 aliphatic rings. The normalized spacial score (nSPS) is 17.9. The van der Waals surface area contributed by atoms with Crippen LogP contribution in [0.25, 0.3) is 0 Å². The molecule has 2 aromatic rings. The molecule has 6 nitrogen and oxygen atoms in total. The second-order valence-corrected chi connectivity index (χ2v) is 9.09. The van der Waals surface area contributed by atoms with Crippen LogP contribution in [0, 0.1) is 5.82 Å². The third-order valence-corrected chi connectivity index (χ3v) is 6.50. The Morgan fingerprint density at radius 2 is 2.00 bits per heavy atom. The van der Waals surface area contributed by atoms with Gasteiger partial charge in [-0.1, -0.05) is 18.2 Å². The number of amides is 1. The Bertz CT molecular complexity index is 931. The van der Waals surface area contributed by atoms with E-state index < -0.39 is 9.84 Å². The lowest BCUT2D eigenvalue weighted by atomic mass is 10.2. The highest BCUT2D eigenvalue weighted by Gasteiger charge is 2.32. The number of likely N-dealkylation sites (N-methyl/N-ethyl adjacent to an activating group) is 1. The lowest BCUT2D eigenvalue weighted by Crippen LogP contribution is -2.40. The van der Waals surface area contributed by atoms with Crippen LogP contribution in [-0.4, -0.2) is 50.4 Å².